The van der Waals surface area contributed by atoms with E-state index in [9.17, 15) is 14.4 Å². The molecule has 3 aliphatic rings. The van der Waals surface area contributed by atoms with E-state index in [0.29, 0.717) is 42.4 Å². The van der Waals surface area contributed by atoms with E-state index in [1.165, 1.54) is 0 Å². The molecule has 4 aromatic rings. The summed E-state index contributed by atoms with van der Waals surface area (Å²) < 4.78 is 13.2. The zero-order chi connectivity index (χ0) is 30.9. The van der Waals surface area contributed by atoms with E-state index in [4.69, 9.17) is 14.5 Å². The van der Waals surface area contributed by atoms with E-state index >= 15 is 0 Å². The molecule has 1 fully saturated rings. The molecule has 11 nitrogen and oxygen atoms in total. The van der Waals surface area contributed by atoms with Crippen molar-refractivity contribution in [3.8, 4) is 11.1 Å². The third-order valence-electron chi connectivity index (χ3n) is 8.59. The Bertz CT molecular complexity index is 1860. The Morgan fingerprint density at radius 3 is 2.59 bits per heavy atom. The van der Waals surface area contributed by atoms with Crippen LogP contribution in [0.4, 0.5) is 16.3 Å². The van der Waals surface area contributed by atoms with Gasteiger partial charge in [0.2, 0.25) is 5.91 Å². The highest BCUT2D eigenvalue weighted by Crippen LogP contribution is 2.41. The minimum Gasteiger partial charge on any atom is -0.443 e. The van der Waals surface area contributed by atoms with Gasteiger partial charge in [-0.1, -0.05) is 12.1 Å². The fourth-order valence-corrected chi connectivity index (χ4v) is 6.52. The second-order valence-electron chi connectivity index (χ2n) is 12.7. The molecule has 0 aliphatic carbocycles. The summed E-state index contributed by atoms with van der Waals surface area (Å²) in [5.41, 5.74) is 5.25. The van der Waals surface area contributed by atoms with Crippen LogP contribution in [0.2, 0.25) is 0 Å². The number of aromatic nitrogens is 3. The van der Waals surface area contributed by atoms with Crippen LogP contribution < -0.4 is 5.32 Å². The average Bonchev–Trinajstić information content (AvgIpc) is 3.68. The van der Waals surface area contributed by atoms with Gasteiger partial charge in [0.25, 0.3) is 5.91 Å². The maximum atomic E-state index is 14.0. The number of anilines is 2. The van der Waals surface area contributed by atoms with Crippen molar-refractivity contribution in [3.63, 3.8) is 0 Å². The first-order valence-electron chi connectivity index (χ1n) is 14.7. The maximum absolute atomic E-state index is 14.0. The number of fused-ring (bicyclic) bond motifs is 5. The van der Waals surface area contributed by atoms with Crippen molar-refractivity contribution in [3.05, 3.63) is 71.2 Å². The molecular weight excluding hydrogens is 560 g/mol. The monoisotopic (exact) mass is 594 g/mol. The van der Waals surface area contributed by atoms with Gasteiger partial charge in [0.05, 0.1) is 49.2 Å². The number of rotatable bonds is 3. The minimum absolute atomic E-state index is 0.0355. The number of hydrogen-bond donors (Lipinski definition) is 1. The molecule has 44 heavy (non-hydrogen) atoms. The summed E-state index contributed by atoms with van der Waals surface area (Å²) in [6.07, 6.45) is 3.00. The molecule has 3 aliphatic heterocycles. The van der Waals surface area contributed by atoms with Crippen LogP contribution in [0.15, 0.2) is 48.8 Å². The topological polar surface area (TPSA) is 119 Å². The third kappa shape index (κ3) is 4.59. The van der Waals surface area contributed by atoms with Gasteiger partial charge < -0.3 is 24.3 Å². The Kier molecular flexibility index (Phi) is 6.47. The van der Waals surface area contributed by atoms with Gasteiger partial charge in [-0.3, -0.25) is 9.59 Å². The second-order valence-corrected chi connectivity index (χ2v) is 12.7. The summed E-state index contributed by atoms with van der Waals surface area (Å²) in [4.78, 5) is 52.4. The molecule has 1 N–H and O–H groups in total. The molecule has 3 amide bonds. The van der Waals surface area contributed by atoms with E-state index in [2.05, 4.69) is 10.3 Å². The van der Waals surface area contributed by atoms with Gasteiger partial charge in [-0.15, -0.1) is 0 Å². The molecule has 6 heterocycles. The fraction of sp³-hybridized carbons (Fsp3) is 0.364. The number of hydrogen-bond acceptors (Lipinski definition) is 8. The number of carbonyl (C=O) groups excluding carboxylic acids is 3. The number of aryl methyl sites for hydroxylation is 1. The van der Waals surface area contributed by atoms with E-state index in [0.717, 1.165) is 38.3 Å². The maximum Gasteiger partial charge on any atom is 0.417 e. The van der Waals surface area contributed by atoms with Gasteiger partial charge in [0.15, 0.2) is 0 Å². The predicted octanol–water partition coefficient (Wildman–Crippen LogP) is 4.97. The highest BCUT2D eigenvalue weighted by Gasteiger charge is 2.41. The molecule has 0 bridgehead atoms. The first-order valence-corrected chi connectivity index (χ1v) is 14.7. The van der Waals surface area contributed by atoms with Crippen LogP contribution in [0, 0.1) is 5.92 Å². The summed E-state index contributed by atoms with van der Waals surface area (Å²) in [7, 11) is 3.72. The van der Waals surface area contributed by atoms with Crippen LogP contribution in [0.25, 0.3) is 22.2 Å². The highest BCUT2D eigenvalue weighted by atomic mass is 16.6. The molecule has 1 aromatic carbocycles. The van der Waals surface area contributed by atoms with E-state index in [1.807, 2.05) is 54.2 Å². The van der Waals surface area contributed by atoms with Gasteiger partial charge in [-0.2, -0.15) is 0 Å². The summed E-state index contributed by atoms with van der Waals surface area (Å²) in [6.45, 7) is 6.67. The van der Waals surface area contributed by atoms with Crippen molar-refractivity contribution in [2.24, 2.45) is 13.0 Å². The number of carbonyl (C=O) groups is 3. The van der Waals surface area contributed by atoms with Crippen LogP contribution in [-0.2, 0) is 34.4 Å². The molecule has 0 radical (unpaired) electrons. The quantitative estimate of drug-likeness (QED) is 0.353. The van der Waals surface area contributed by atoms with Crippen molar-refractivity contribution in [2.75, 3.05) is 25.6 Å². The van der Waals surface area contributed by atoms with Gasteiger partial charge in [0, 0.05) is 37.8 Å². The van der Waals surface area contributed by atoms with Gasteiger partial charge >= 0.3 is 6.09 Å². The molecule has 226 valence electrons. The molecule has 0 saturated carbocycles. The van der Waals surface area contributed by atoms with Crippen LogP contribution in [0.1, 0.15) is 53.9 Å². The number of amides is 3. The zero-order valence-electron chi connectivity index (χ0n) is 25.4. The first-order chi connectivity index (χ1) is 21.0. The fourth-order valence-electron chi connectivity index (χ4n) is 6.52. The van der Waals surface area contributed by atoms with Gasteiger partial charge in [-0.05, 0) is 67.3 Å². The molecule has 11 heteroatoms. The molecule has 0 spiro atoms. The summed E-state index contributed by atoms with van der Waals surface area (Å²) in [5, 5.41) is 4.30. The Labute approximate surface area is 254 Å². The summed E-state index contributed by atoms with van der Waals surface area (Å²) in [6, 6.07) is 11.6. The van der Waals surface area contributed by atoms with Crippen molar-refractivity contribution in [1.29, 1.82) is 0 Å². The average molecular weight is 595 g/mol. The van der Waals surface area contributed by atoms with E-state index < -0.39 is 17.6 Å². The highest BCUT2D eigenvalue weighted by molar-refractivity contribution is 6.12. The number of benzene rings is 1. The minimum atomic E-state index is -0.763. The molecule has 7 rings (SSSR count). The Hall–Kier alpha value is -4.77. The number of imide groups is 1. The lowest BCUT2D eigenvalue weighted by Crippen LogP contribution is -2.37. The largest absolute Gasteiger partial charge is 0.443 e. The standard InChI is InChI=1S/C33H34N6O5/c1-33(2,3)44-32(42)39-14-22-18(19-10-12-34-29-21(19)11-13-37(29)4)6-8-25(28(22)31(39)41)35-27-9-7-20-23-16-43-17-24(23)30(40)38(5)15-26(20)36-27/h6-13,23-24H,14-17H2,1-5H3,(H,35,36). The number of nitrogens with zero attached hydrogens (tertiary/aromatic N) is 5. The Morgan fingerprint density at radius 2 is 1.80 bits per heavy atom. The van der Waals surface area contributed by atoms with Crippen molar-refractivity contribution in [1.82, 2.24) is 24.3 Å². The SMILES string of the molecule is CN1Cc2nc(Nc3ccc(-c4ccnc5c4ccn5C)c4c3C(=O)N(C(=O)OC(C)(C)C)C4)ccc2C2COCC2C1=O. The molecule has 2 unspecified atom stereocenters. The first kappa shape index (κ1) is 28.0. The number of ether oxygens (including phenoxy) is 2. The lowest BCUT2D eigenvalue weighted by molar-refractivity contribution is -0.134. The van der Waals surface area contributed by atoms with Crippen LogP contribution in [0.5, 0.6) is 0 Å². The van der Waals surface area contributed by atoms with Gasteiger partial charge in [-0.25, -0.2) is 19.7 Å². The van der Waals surface area contributed by atoms with Crippen LogP contribution >= 0.6 is 0 Å². The summed E-state index contributed by atoms with van der Waals surface area (Å²) in [5.74, 6) is -0.0900. The Morgan fingerprint density at radius 1 is 1.00 bits per heavy atom. The predicted molar refractivity (Wildman–Crippen MR) is 163 cm³/mol. The van der Waals surface area contributed by atoms with Crippen LogP contribution in [0.3, 0.4) is 0 Å². The molecule has 3 aromatic heterocycles. The van der Waals surface area contributed by atoms with Crippen molar-refractivity contribution in [2.45, 2.75) is 45.4 Å². The zero-order valence-corrected chi connectivity index (χ0v) is 25.4. The molecule has 2 atom stereocenters. The number of nitrogens with one attached hydrogen (secondary N) is 1. The Balaban J connectivity index is 1.31. The van der Waals surface area contributed by atoms with E-state index in [-0.39, 0.29) is 24.3 Å². The van der Waals surface area contributed by atoms with Crippen LogP contribution in [-0.4, -0.2) is 68.1 Å². The molecular formula is C33H34N6O5. The van der Waals surface area contributed by atoms with E-state index in [1.54, 1.807) is 38.9 Å². The van der Waals surface area contributed by atoms with Crippen molar-refractivity contribution < 1.29 is 23.9 Å². The molecule has 1 saturated heterocycles. The second kappa shape index (κ2) is 10.2. The number of pyridine rings is 2. The van der Waals surface area contributed by atoms with Crippen molar-refractivity contribution >= 4 is 40.4 Å². The summed E-state index contributed by atoms with van der Waals surface area (Å²) >= 11 is 0. The third-order valence-corrected chi connectivity index (χ3v) is 8.59. The van der Waals surface area contributed by atoms with Gasteiger partial charge in [0.1, 0.15) is 17.1 Å². The lowest BCUT2D eigenvalue weighted by atomic mass is 9.88. The lowest BCUT2D eigenvalue weighted by Gasteiger charge is -2.23. The smallest absolute Gasteiger partial charge is 0.417 e. The normalized spacial score (nSPS) is 19.6.